The van der Waals surface area contributed by atoms with Crippen molar-refractivity contribution in [1.29, 1.82) is 0 Å². The number of methoxy groups -OCH3 is 1. The number of amides is 1. The SMILES string of the molecule is COc1ccc(-n2c(SCC(=O)NN=Cc3c[nH]c4ccccc34)nc3ccccc3c2=O)cc1. The minimum Gasteiger partial charge on any atom is -0.497 e. The summed E-state index contributed by atoms with van der Waals surface area (Å²) in [6.07, 6.45) is 3.44. The molecule has 9 heteroatoms. The zero-order valence-corrected chi connectivity index (χ0v) is 19.6. The maximum Gasteiger partial charge on any atom is 0.266 e. The maximum absolute atomic E-state index is 13.3. The average Bonchev–Trinajstić information content (AvgIpc) is 3.31. The minimum absolute atomic E-state index is 0.0339. The van der Waals surface area contributed by atoms with Crippen molar-refractivity contribution in [2.75, 3.05) is 12.9 Å². The van der Waals surface area contributed by atoms with E-state index in [4.69, 9.17) is 4.74 Å². The highest BCUT2D eigenvalue weighted by Gasteiger charge is 2.15. The predicted octanol–water partition coefficient (Wildman–Crippen LogP) is 4.12. The van der Waals surface area contributed by atoms with Crippen LogP contribution in [0.5, 0.6) is 5.75 Å². The average molecular weight is 484 g/mol. The van der Waals surface area contributed by atoms with Gasteiger partial charge in [0.2, 0.25) is 0 Å². The van der Waals surface area contributed by atoms with Gasteiger partial charge in [-0.3, -0.25) is 14.2 Å². The van der Waals surface area contributed by atoms with Crippen LogP contribution in [0.1, 0.15) is 5.56 Å². The highest BCUT2D eigenvalue weighted by molar-refractivity contribution is 7.99. The van der Waals surface area contributed by atoms with Crippen LogP contribution in [0.3, 0.4) is 0 Å². The fourth-order valence-corrected chi connectivity index (χ4v) is 4.51. The lowest BCUT2D eigenvalue weighted by atomic mass is 10.2. The van der Waals surface area contributed by atoms with E-state index in [2.05, 4.69) is 20.5 Å². The van der Waals surface area contributed by atoms with Crippen molar-refractivity contribution >= 4 is 45.7 Å². The van der Waals surface area contributed by atoms with E-state index in [9.17, 15) is 9.59 Å². The highest BCUT2D eigenvalue weighted by Crippen LogP contribution is 2.23. The van der Waals surface area contributed by atoms with Crippen LogP contribution in [-0.4, -0.2) is 39.5 Å². The molecule has 5 rings (SSSR count). The molecule has 1 amide bonds. The van der Waals surface area contributed by atoms with Crippen LogP contribution >= 0.6 is 11.8 Å². The summed E-state index contributed by atoms with van der Waals surface area (Å²) >= 11 is 1.17. The number of benzene rings is 3. The molecule has 2 heterocycles. The third-order valence-electron chi connectivity index (χ3n) is 5.42. The number of nitrogens with one attached hydrogen (secondary N) is 2. The van der Waals surface area contributed by atoms with Gasteiger partial charge in [-0.15, -0.1) is 0 Å². The van der Waals surface area contributed by atoms with Gasteiger partial charge in [-0.1, -0.05) is 42.1 Å². The number of carbonyl (C=O) groups is 1. The monoisotopic (exact) mass is 483 g/mol. The molecule has 8 nitrogen and oxygen atoms in total. The van der Waals surface area contributed by atoms with Crippen LogP contribution in [0.2, 0.25) is 0 Å². The predicted molar refractivity (Wildman–Crippen MR) is 139 cm³/mol. The fourth-order valence-electron chi connectivity index (χ4n) is 3.71. The zero-order valence-electron chi connectivity index (χ0n) is 18.8. The summed E-state index contributed by atoms with van der Waals surface area (Å²) in [5.74, 6) is 0.401. The molecule has 0 bridgehead atoms. The van der Waals surface area contributed by atoms with E-state index < -0.39 is 0 Å². The number of rotatable bonds is 7. The van der Waals surface area contributed by atoms with E-state index in [0.29, 0.717) is 27.5 Å². The number of hydrogen-bond donors (Lipinski definition) is 2. The second-order valence-electron chi connectivity index (χ2n) is 7.62. The van der Waals surface area contributed by atoms with Crippen LogP contribution in [0.15, 0.2) is 94.0 Å². The largest absolute Gasteiger partial charge is 0.497 e. The van der Waals surface area contributed by atoms with Crippen molar-refractivity contribution in [3.8, 4) is 11.4 Å². The van der Waals surface area contributed by atoms with Gasteiger partial charge in [0.1, 0.15) is 5.75 Å². The Morgan fingerprint density at radius 3 is 2.63 bits per heavy atom. The first-order chi connectivity index (χ1) is 17.1. The molecule has 0 spiro atoms. The molecule has 0 saturated heterocycles. The number of H-pyrrole nitrogens is 1. The first-order valence-electron chi connectivity index (χ1n) is 10.8. The third kappa shape index (κ3) is 4.67. The van der Waals surface area contributed by atoms with Crippen LogP contribution in [0.4, 0.5) is 0 Å². The molecule has 174 valence electrons. The number of nitrogens with zero attached hydrogens (tertiary/aromatic N) is 3. The molecule has 0 fully saturated rings. The van der Waals surface area contributed by atoms with Crippen LogP contribution in [-0.2, 0) is 4.79 Å². The van der Waals surface area contributed by atoms with Gasteiger partial charge in [0.25, 0.3) is 11.5 Å². The molecule has 0 unspecified atom stereocenters. The van der Waals surface area contributed by atoms with E-state index in [1.807, 2.05) is 36.5 Å². The molecule has 0 aliphatic carbocycles. The molecular weight excluding hydrogens is 462 g/mol. The summed E-state index contributed by atoms with van der Waals surface area (Å²) in [6.45, 7) is 0. The molecule has 5 aromatic rings. The van der Waals surface area contributed by atoms with Crippen molar-refractivity contribution in [3.05, 3.63) is 94.9 Å². The molecule has 35 heavy (non-hydrogen) atoms. The quantitative estimate of drug-likeness (QED) is 0.157. The van der Waals surface area contributed by atoms with E-state index in [-0.39, 0.29) is 17.2 Å². The molecule has 0 radical (unpaired) electrons. The molecule has 0 atom stereocenters. The molecule has 3 aromatic carbocycles. The van der Waals surface area contributed by atoms with E-state index in [1.165, 1.54) is 16.3 Å². The first-order valence-corrected chi connectivity index (χ1v) is 11.8. The number of hydrazone groups is 1. The Bertz CT molecular complexity index is 1610. The van der Waals surface area contributed by atoms with Crippen molar-refractivity contribution in [3.63, 3.8) is 0 Å². The number of aromatic nitrogens is 3. The summed E-state index contributed by atoms with van der Waals surface area (Å²) in [5.41, 5.74) is 5.41. The number of ether oxygens (including phenoxy) is 1. The van der Waals surface area contributed by atoms with E-state index >= 15 is 0 Å². The Kier molecular flexibility index (Phi) is 6.32. The lowest BCUT2D eigenvalue weighted by Crippen LogP contribution is -2.24. The number of fused-ring (bicyclic) bond motifs is 2. The second kappa shape index (κ2) is 9.86. The summed E-state index contributed by atoms with van der Waals surface area (Å²) in [4.78, 5) is 33.6. The number of para-hydroxylation sites is 2. The molecule has 2 N–H and O–H groups in total. The normalized spacial score (nSPS) is 11.3. The van der Waals surface area contributed by atoms with Gasteiger partial charge in [0.05, 0.1) is 35.7 Å². The van der Waals surface area contributed by atoms with Gasteiger partial charge in [-0.2, -0.15) is 5.10 Å². The third-order valence-corrected chi connectivity index (χ3v) is 6.36. The zero-order chi connectivity index (χ0) is 24.2. The Morgan fingerprint density at radius 2 is 1.83 bits per heavy atom. The van der Waals surface area contributed by atoms with Gasteiger partial charge in [0, 0.05) is 22.7 Å². The van der Waals surface area contributed by atoms with Crippen molar-refractivity contribution < 1.29 is 9.53 Å². The van der Waals surface area contributed by atoms with Gasteiger partial charge >= 0.3 is 0 Å². The van der Waals surface area contributed by atoms with E-state index in [0.717, 1.165) is 16.5 Å². The molecule has 0 aliphatic rings. The lowest BCUT2D eigenvalue weighted by Gasteiger charge is -2.13. The van der Waals surface area contributed by atoms with Crippen LogP contribution in [0.25, 0.3) is 27.5 Å². The fraction of sp³-hybridized carbons (Fsp3) is 0.0769. The summed E-state index contributed by atoms with van der Waals surface area (Å²) in [5, 5.41) is 6.01. The summed E-state index contributed by atoms with van der Waals surface area (Å²) < 4.78 is 6.74. The molecule has 2 aromatic heterocycles. The summed E-state index contributed by atoms with van der Waals surface area (Å²) in [6, 6.07) is 22.1. The van der Waals surface area contributed by atoms with Crippen LogP contribution in [0, 0.1) is 0 Å². The Hall–Kier alpha value is -4.37. The Balaban J connectivity index is 1.37. The second-order valence-corrected chi connectivity index (χ2v) is 8.56. The maximum atomic E-state index is 13.3. The standard InChI is InChI=1S/C26H21N5O3S/c1-34-19-12-10-18(11-13-19)31-25(33)21-7-3-5-9-23(21)29-26(31)35-16-24(32)30-28-15-17-14-27-22-8-4-2-6-20(17)22/h2-15,27H,16H2,1H3,(H,30,32). The molecule has 0 aliphatic heterocycles. The number of carbonyl (C=O) groups excluding carboxylic acids is 1. The Morgan fingerprint density at radius 1 is 1.09 bits per heavy atom. The van der Waals surface area contributed by atoms with Crippen molar-refractivity contribution in [2.45, 2.75) is 5.16 Å². The van der Waals surface area contributed by atoms with E-state index in [1.54, 1.807) is 55.8 Å². The van der Waals surface area contributed by atoms with Crippen molar-refractivity contribution in [2.24, 2.45) is 5.10 Å². The smallest absolute Gasteiger partial charge is 0.266 e. The van der Waals surface area contributed by atoms with Crippen LogP contribution < -0.4 is 15.7 Å². The van der Waals surface area contributed by atoms with Gasteiger partial charge in [-0.05, 0) is 42.5 Å². The number of thioether (sulfide) groups is 1. The minimum atomic E-state index is -0.310. The first kappa shape index (κ1) is 22.4. The summed E-state index contributed by atoms with van der Waals surface area (Å²) in [7, 11) is 1.58. The molecule has 0 saturated carbocycles. The van der Waals surface area contributed by atoms with Gasteiger partial charge < -0.3 is 9.72 Å². The number of hydrogen-bond acceptors (Lipinski definition) is 6. The topological polar surface area (TPSA) is 101 Å². The Labute approximate surface area is 204 Å². The van der Waals surface area contributed by atoms with Crippen molar-refractivity contribution in [1.82, 2.24) is 20.0 Å². The number of aromatic amines is 1. The lowest BCUT2D eigenvalue weighted by molar-refractivity contribution is -0.118. The highest BCUT2D eigenvalue weighted by atomic mass is 32.2. The van der Waals surface area contributed by atoms with Gasteiger partial charge in [0.15, 0.2) is 5.16 Å². The molecular formula is C26H21N5O3S. The van der Waals surface area contributed by atoms with Gasteiger partial charge in [-0.25, -0.2) is 10.4 Å².